The van der Waals surface area contributed by atoms with Gasteiger partial charge in [0.15, 0.2) is 0 Å². The first kappa shape index (κ1) is 18.6. The van der Waals surface area contributed by atoms with Crippen molar-refractivity contribution in [3.63, 3.8) is 0 Å². The number of benzene rings is 1. The highest BCUT2D eigenvalue weighted by molar-refractivity contribution is 7.88. The van der Waals surface area contributed by atoms with Crippen molar-refractivity contribution in [1.29, 1.82) is 0 Å². The van der Waals surface area contributed by atoms with Gasteiger partial charge in [-0.3, -0.25) is 9.79 Å². The molecule has 0 unspecified atom stereocenters. The lowest BCUT2D eigenvalue weighted by Gasteiger charge is -2.34. The second-order valence-electron chi connectivity index (χ2n) is 7.96. The van der Waals surface area contributed by atoms with Crippen LogP contribution in [0.3, 0.4) is 0 Å². The van der Waals surface area contributed by atoms with E-state index < -0.39 is 15.6 Å². The quantitative estimate of drug-likeness (QED) is 0.859. The predicted octanol–water partition coefficient (Wildman–Crippen LogP) is 2.46. The molecule has 0 aromatic heterocycles. The molecule has 2 aliphatic heterocycles. The summed E-state index contributed by atoms with van der Waals surface area (Å²) in [5, 5.41) is 3.02. The third kappa shape index (κ3) is 3.80. The number of carbonyl (C=O) groups excluding carboxylic acids is 1. The van der Waals surface area contributed by atoms with Crippen LogP contribution in [-0.2, 0) is 20.6 Å². The summed E-state index contributed by atoms with van der Waals surface area (Å²) in [6, 6.07) is 9.23. The molecule has 27 heavy (non-hydrogen) atoms. The molecule has 3 aliphatic rings. The monoisotopic (exact) mass is 389 g/mol. The van der Waals surface area contributed by atoms with Gasteiger partial charge in [0, 0.05) is 19.0 Å². The lowest BCUT2D eigenvalue weighted by Crippen LogP contribution is -2.50. The number of aliphatic imine (C=N–C) groups is 1. The molecule has 2 heterocycles. The third-order valence-corrected chi connectivity index (χ3v) is 7.98. The van der Waals surface area contributed by atoms with Crippen LogP contribution in [0.4, 0.5) is 0 Å². The minimum atomic E-state index is -3.38. The van der Waals surface area contributed by atoms with Gasteiger partial charge in [-0.05, 0) is 31.2 Å². The summed E-state index contributed by atoms with van der Waals surface area (Å²) in [5.74, 6) is 1.18. The Morgan fingerprint density at radius 2 is 1.74 bits per heavy atom. The van der Waals surface area contributed by atoms with Crippen molar-refractivity contribution in [3.05, 3.63) is 35.9 Å². The first-order valence-corrected chi connectivity index (χ1v) is 11.5. The van der Waals surface area contributed by atoms with Crippen LogP contribution < -0.4 is 5.32 Å². The highest BCUT2D eigenvalue weighted by Gasteiger charge is 2.48. The molecule has 6 nitrogen and oxygen atoms in total. The first-order valence-electron chi connectivity index (χ1n) is 9.91. The first-order chi connectivity index (χ1) is 13.0. The average Bonchev–Trinajstić information content (AvgIpc) is 2.99. The van der Waals surface area contributed by atoms with Crippen molar-refractivity contribution in [1.82, 2.24) is 9.62 Å². The lowest BCUT2D eigenvalue weighted by atomic mass is 9.88. The zero-order chi connectivity index (χ0) is 18.9. The molecular weight excluding hydrogens is 362 g/mol. The van der Waals surface area contributed by atoms with E-state index >= 15 is 0 Å². The molecule has 1 spiro atoms. The number of sulfonamides is 1. The zero-order valence-corrected chi connectivity index (χ0v) is 16.4. The zero-order valence-electron chi connectivity index (χ0n) is 15.6. The van der Waals surface area contributed by atoms with Crippen molar-refractivity contribution in [2.75, 3.05) is 13.1 Å². The summed E-state index contributed by atoms with van der Waals surface area (Å²) < 4.78 is 27.0. The van der Waals surface area contributed by atoms with Gasteiger partial charge in [-0.25, -0.2) is 12.7 Å². The molecule has 1 saturated carbocycles. The van der Waals surface area contributed by atoms with Crippen LogP contribution in [0.15, 0.2) is 35.3 Å². The van der Waals surface area contributed by atoms with Gasteiger partial charge in [-0.15, -0.1) is 0 Å². The molecule has 1 saturated heterocycles. The molecule has 0 atom stereocenters. The smallest absolute Gasteiger partial charge is 0.253 e. The number of amidine groups is 1. The van der Waals surface area contributed by atoms with Crippen LogP contribution >= 0.6 is 0 Å². The molecule has 146 valence electrons. The third-order valence-electron chi connectivity index (χ3n) is 6.13. The van der Waals surface area contributed by atoms with Crippen LogP contribution in [0.25, 0.3) is 0 Å². The van der Waals surface area contributed by atoms with Crippen molar-refractivity contribution in [2.24, 2.45) is 10.9 Å². The van der Waals surface area contributed by atoms with Gasteiger partial charge in [0.05, 0.1) is 5.75 Å². The standard InChI is InChI=1S/C20H27N3O3S/c24-19-20(22-18(21-19)17-9-5-2-6-10-17)11-13-23(14-12-20)27(25,26)15-16-7-3-1-4-8-16/h1,3-4,7-8,17H,2,5-6,9-15H2,(H,21,22,24). The summed E-state index contributed by atoms with van der Waals surface area (Å²) in [4.78, 5) is 17.5. The Bertz CT molecular complexity index is 821. The van der Waals surface area contributed by atoms with Gasteiger partial charge in [0.25, 0.3) is 5.91 Å². The maximum Gasteiger partial charge on any atom is 0.253 e. The summed E-state index contributed by atoms with van der Waals surface area (Å²) in [6.07, 6.45) is 6.75. The molecule has 1 aromatic rings. The maximum absolute atomic E-state index is 12.7. The number of hydrogen-bond donors (Lipinski definition) is 1. The molecule has 0 radical (unpaired) electrons. The van der Waals surface area contributed by atoms with Crippen molar-refractivity contribution >= 4 is 21.8 Å². The Morgan fingerprint density at radius 1 is 1.07 bits per heavy atom. The lowest BCUT2D eigenvalue weighted by molar-refractivity contribution is -0.125. The highest BCUT2D eigenvalue weighted by atomic mass is 32.2. The number of hydrogen-bond acceptors (Lipinski definition) is 4. The summed E-state index contributed by atoms with van der Waals surface area (Å²) in [5.41, 5.74) is 0.0277. The van der Waals surface area contributed by atoms with Gasteiger partial charge in [-0.2, -0.15) is 0 Å². The van der Waals surface area contributed by atoms with E-state index in [4.69, 9.17) is 4.99 Å². The Balaban J connectivity index is 1.43. The van der Waals surface area contributed by atoms with Gasteiger partial charge in [0.1, 0.15) is 11.4 Å². The van der Waals surface area contributed by atoms with E-state index in [2.05, 4.69) is 5.32 Å². The fourth-order valence-corrected chi connectivity index (χ4v) is 6.00. The second kappa shape index (κ2) is 7.36. The summed E-state index contributed by atoms with van der Waals surface area (Å²) in [6.45, 7) is 0.702. The molecule has 7 heteroatoms. The van der Waals surface area contributed by atoms with E-state index in [0.29, 0.717) is 31.8 Å². The number of nitrogens with one attached hydrogen (secondary N) is 1. The van der Waals surface area contributed by atoms with Gasteiger partial charge in [0.2, 0.25) is 10.0 Å². The van der Waals surface area contributed by atoms with Crippen LogP contribution in [0.5, 0.6) is 0 Å². The van der Waals surface area contributed by atoms with Crippen LogP contribution in [0, 0.1) is 5.92 Å². The summed E-state index contributed by atoms with van der Waals surface area (Å²) in [7, 11) is -3.38. The number of amides is 1. The largest absolute Gasteiger partial charge is 0.312 e. The van der Waals surface area contributed by atoms with E-state index in [-0.39, 0.29) is 11.7 Å². The van der Waals surface area contributed by atoms with Gasteiger partial charge in [-0.1, -0.05) is 49.6 Å². The van der Waals surface area contributed by atoms with Crippen molar-refractivity contribution in [2.45, 2.75) is 56.2 Å². The molecule has 0 bridgehead atoms. The van der Waals surface area contributed by atoms with Crippen molar-refractivity contribution in [3.8, 4) is 0 Å². The minimum absolute atomic E-state index is 0.00360. The van der Waals surface area contributed by atoms with E-state index in [1.54, 1.807) is 0 Å². The Labute approximate surface area is 161 Å². The second-order valence-corrected chi connectivity index (χ2v) is 9.93. The Hall–Kier alpha value is -1.73. The number of carbonyl (C=O) groups is 1. The van der Waals surface area contributed by atoms with Crippen LogP contribution in [0.2, 0.25) is 0 Å². The van der Waals surface area contributed by atoms with E-state index in [1.165, 1.54) is 23.6 Å². The normalized spacial score (nSPS) is 24.0. The van der Waals surface area contributed by atoms with Crippen LogP contribution in [-0.4, -0.2) is 43.1 Å². The van der Waals surface area contributed by atoms with E-state index in [1.807, 2.05) is 30.3 Å². The fourth-order valence-electron chi connectivity index (χ4n) is 4.46. The molecule has 2 fully saturated rings. The Kier molecular flexibility index (Phi) is 5.07. The fraction of sp³-hybridized carbons (Fsp3) is 0.600. The maximum atomic E-state index is 12.7. The van der Waals surface area contributed by atoms with Crippen LogP contribution in [0.1, 0.15) is 50.5 Å². The number of nitrogens with zero attached hydrogens (tertiary/aromatic N) is 2. The number of piperidine rings is 1. The van der Waals surface area contributed by atoms with Gasteiger partial charge >= 0.3 is 0 Å². The predicted molar refractivity (Wildman–Crippen MR) is 105 cm³/mol. The minimum Gasteiger partial charge on any atom is -0.312 e. The van der Waals surface area contributed by atoms with E-state index in [9.17, 15) is 13.2 Å². The van der Waals surface area contributed by atoms with E-state index in [0.717, 1.165) is 24.2 Å². The van der Waals surface area contributed by atoms with Crippen molar-refractivity contribution < 1.29 is 13.2 Å². The molecule has 1 amide bonds. The Morgan fingerprint density at radius 3 is 2.41 bits per heavy atom. The topological polar surface area (TPSA) is 78.8 Å². The summed E-state index contributed by atoms with van der Waals surface area (Å²) >= 11 is 0. The molecule has 4 rings (SSSR count). The highest BCUT2D eigenvalue weighted by Crippen LogP contribution is 2.35. The molecule has 1 aliphatic carbocycles. The average molecular weight is 390 g/mol. The molecule has 1 N–H and O–H groups in total. The van der Waals surface area contributed by atoms with Gasteiger partial charge < -0.3 is 5.32 Å². The number of rotatable bonds is 4. The SMILES string of the molecule is O=C1NC(C2CCCCC2)=NC12CCN(S(=O)(=O)Cc1ccccc1)CC2. The molecular formula is C20H27N3O3S. The molecule has 1 aromatic carbocycles.